The Morgan fingerprint density at radius 3 is 2.65 bits per heavy atom. The summed E-state index contributed by atoms with van der Waals surface area (Å²) in [5.41, 5.74) is 2.05. The highest BCUT2D eigenvalue weighted by molar-refractivity contribution is 9.10. The third kappa shape index (κ3) is 3.59. The van der Waals surface area contributed by atoms with E-state index in [0.717, 1.165) is 25.1 Å². The zero-order chi connectivity index (χ0) is 16.4. The second kappa shape index (κ2) is 7.03. The molecule has 2 aromatic carbocycles. The second-order valence-electron chi connectivity index (χ2n) is 5.06. The van der Waals surface area contributed by atoms with Gasteiger partial charge in [-0.2, -0.15) is 4.99 Å². The van der Waals surface area contributed by atoms with Gasteiger partial charge in [-0.15, -0.1) is 11.8 Å². The smallest absolute Gasteiger partial charge is 0.252 e. The summed E-state index contributed by atoms with van der Waals surface area (Å²) < 4.78 is 4.08. The van der Waals surface area contributed by atoms with E-state index in [1.165, 1.54) is 16.2 Å². The zero-order valence-electron chi connectivity index (χ0n) is 12.7. The lowest BCUT2D eigenvalue weighted by molar-refractivity contribution is -0.117. The number of carbonyl (C=O) groups is 1. The zero-order valence-corrected chi connectivity index (χ0v) is 16.0. The summed E-state index contributed by atoms with van der Waals surface area (Å²) in [6, 6.07) is 14.1. The Kier molecular flexibility index (Phi) is 5.04. The average Bonchev–Trinajstić information content (AvgIpc) is 2.85. The molecule has 0 atom stereocenters. The summed E-state index contributed by atoms with van der Waals surface area (Å²) in [5.74, 6) is -0.125. The van der Waals surface area contributed by atoms with Gasteiger partial charge in [0.1, 0.15) is 0 Å². The Hall–Kier alpha value is -1.37. The Labute approximate surface area is 151 Å². The third-order valence-electron chi connectivity index (χ3n) is 3.51. The summed E-state index contributed by atoms with van der Waals surface area (Å²) in [6.45, 7) is 0. The molecule has 0 N–H and O–H groups in total. The molecular weight excluding hydrogens is 392 g/mol. The molecule has 23 heavy (non-hydrogen) atoms. The number of aryl methyl sites for hydroxylation is 1. The molecule has 3 nitrogen and oxygen atoms in total. The standard InChI is InChI=1S/C17H15BrN2OS2/c1-20-16-13(18)4-3-5-14(16)23-17(20)19-15(21)10-11-6-8-12(22-2)9-7-11/h3-9H,10H2,1-2H3. The highest BCUT2D eigenvalue weighted by Gasteiger charge is 2.08. The molecule has 1 amide bonds. The van der Waals surface area contributed by atoms with Crippen LogP contribution in [0.3, 0.4) is 0 Å². The van der Waals surface area contributed by atoms with Gasteiger partial charge in [-0.25, -0.2) is 0 Å². The van der Waals surface area contributed by atoms with E-state index in [1.807, 2.05) is 60.3 Å². The molecule has 0 unspecified atom stereocenters. The van der Waals surface area contributed by atoms with Gasteiger partial charge in [0.05, 0.1) is 16.6 Å². The van der Waals surface area contributed by atoms with Gasteiger partial charge in [-0.1, -0.05) is 29.5 Å². The summed E-state index contributed by atoms with van der Waals surface area (Å²) in [6.07, 6.45) is 2.36. The number of hydrogen-bond donors (Lipinski definition) is 0. The normalized spacial score (nSPS) is 12.0. The van der Waals surface area contributed by atoms with Crippen LogP contribution < -0.4 is 4.80 Å². The van der Waals surface area contributed by atoms with E-state index in [2.05, 4.69) is 20.9 Å². The fraction of sp³-hybridized carbons (Fsp3) is 0.176. The maximum atomic E-state index is 12.3. The Bertz CT molecular complexity index is 926. The van der Waals surface area contributed by atoms with Crippen LogP contribution >= 0.6 is 39.0 Å². The van der Waals surface area contributed by atoms with Crippen LogP contribution in [0.2, 0.25) is 0 Å². The minimum absolute atomic E-state index is 0.125. The topological polar surface area (TPSA) is 34.4 Å². The number of nitrogens with zero attached hydrogens (tertiary/aromatic N) is 2. The van der Waals surface area contributed by atoms with Crippen molar-refractivity contribution < 1.29 is 4.79 Å². The molecule has 0 aliphatic heterocycles. The number of amides is 1. The first kappa shape index (κ1) is 16.5. The fourth-order valence-electron chi connectivity index (χ4n) is 2.33. The summed E-state index contributed by atoms with van der Waals surface area (Å²) in [7, 11) is 1.93. The van der Waals surface area contributed by atoms with Crippen LogP contribution in [-0.2, 0) is 18.3 Å². The molecule has 3 aromatic rings. The maximum Gasteiger partial charge on any atom is 0.252 e. The van der Waals surface area contributed by atoms with Gasteiger partial charge in [0, 0.05) is 16.4 Å². The fourth-order valence-corrected chi connectivity index (χ4v) is 4.56. The van der Waals surface area contributed by atoms with E-state index in [9.17, 15) is 4.79 Å². The van der Waals surface area contributed by atoms with Crippen LogP contribution in [0.1, 0.15) is 5.56 Å². The van der Waals surface area contributed by atoms with Crippen molar-refractivity contribution in [3.8, 4) is 0 Å². The van der Waals surface area contributed by atoms with Crippen LogP contribution in [0.5, 0.6) is 0 Å². The predicted molar refractivity (Wildman–Crippen MR) is 101 cm³/mol. The van der Waals surface area contributed by atoms with Crippen molar-refractivity contribution in [3.63, 3.8) is 0 Å². The van der Waals surface area contributed by atoms with Crippen molar-refractivity contribution in [3.05, 3.63) is 57.3 Å². The average molecular weight is 407 g/mol. The third-order valence-corrected chi connectivity index (χ3v) is 5.99. The van der Waals surface area contributed by atoms with E-state index >= 15 is 0 Å². The molecule has 118 valence electrons. The number of rotatable bonds is 3. The monoisotopic (exact) mass is 406 g/mol. The summed E-state index contributed by atoms with van der Waals surface area (Å²) in [4.78, 5) is 18.5. The maximum absolute atomic E-state index is 12.3. The van der Waals surface area contributed by atoms with Crippen LogP contribution in [-0.4, -0.2) is 16.7 Å². The molecule has 0 bridgehead atoms. The number of benzene rings is 2. The van der Waals surface area contributed by atoms with Gasteiger partial charge in [-0.05, 0) is 52.0 Å². The first-order valence-corrected chi connectivity index (χ1v) is 9.86. The van der Waals surface area contributed by atoms with Crippen LogP contribution in [0.4, 0.5) is 0 Å². The lowest BCUT2D eigenvalue weighted by Crippen LogP contribution is -2.14. The van der Waals surface area contributed by atoms with E-state index in [4.69, 9.17) is 0 Å². The lowest BCUT2D eigenvalue weighted by Gasteiger charge is -2.00. The number of carbonyl (C=O) groups excluding carboxylic acids is 1. The van der Waals surface area contributed by atoms with Gasteiger partial charge in [0.15, 0.2) is 4.80 Å². The predicted octanol–water partition coefficient (Wildman–Crippen LogP) is 4.39. The molecule has 1 aromatic heterocycles. The minimum atomic E-state index is -0.125. The SMILES string of the molecule is CSc1ccc(CC(=O)N=c2sc3cccc(Br)c3n2C)cc1. The van der Waals surface area contributed by atoms with E-state index < -0.39 is 0 Å². The molecule has 3 rings (SSSR count). The number of hydrogen-bond acceptors (Lipinski definition) is 3. The quantitative estimate of drug-likeness (QED) is 0.604. The first-order valence-electron chi connectivity index (χ1n) is 7.03. The number of aromatic nitrogens is 1. The van der Waals surface area contributed by atoms with Crippen molar-refractivity contribution in [2.45, 2.75) is 11.3 Å². The highest BCUT2D eigenvalue weighted by Crippen LogP contribution is 2.24. The molecule has 6 heteroatoms. The van der Waals surface area contributed by atoms with Crippen LogP contribution in [0, 0.1) is 0 Å². The highest BCUT2D eigenvalue weighted by atomic mass is 79.9. The number of thiazole rings is 1. The molecule has 0 aliphatic carbocycles. The summed E-state index contributed by atoms with van der Waals surface area (Å²) in [5, 5.41) is 0. The number of para-hydroxylation sites is 1. The van der Waals surface area contributed by atoms with Gasteiger partial charge >= 0.3 is 0 Å². The van der Waals surface area contributed by atoms with Gasteiger partial charge in [-0.3, -0.25) is 4.79 Å². The Morgan fingerprint density at radius 1 is 1.26 bits per heavy atom. The summed E-state index contributed by atoms with van der Waals surface area (Å²) >= 11 is 6.77. The van der Waals surface area contributed by atoms with Crippen LogP contribution in [0.25, 0.3) is 10.2 Å². The number of fused-ring (bicyclic) bond motifs is 1. The van der Waals surface area contributed by atoms with E-state index in [1.54, 1.807) is 11.8 Å². The van der Waals surface area contributed by atoms with Crippen molar-refractivity contribution in [1.29, 1.82) is 0 Å². The molecule has 0 fully saturated rings. The molecule has 0 saturated carbocycles. The van der Waals surface area contributed by atoms with Gasteiger partial charge in [0.25, 0.3) is 5.91 Å². The van der Waals surface area contributed by atoms with Crippen molar-refractivity contribution in [1.82, 2.24) is 4.57 Å². The molecule has 0 radical (unpaired) electrons. The number of thioether (sulfide) groups is 1. The molecule has 0 spiro atoms. The minimum Gasteiger partial charge on any atom is -0.318 e. The van der Waals surface area contributed by atoms with Gasteiger partial charge < -0.3 is 4.57 Å². The second-order valence-corrected chi connectivity index (χ2v) is 7.80. The number of halogens is 1. The molecular formula is C17H15BrN2OS2. The van der Waals surface area contributed by atoms with Crippen molar-refractivity contribution >= 4 is 55.2 Å². The molecule has 0 saturated heterocycles. The Morgan fingerprint density at radius 2 is 2.00 bits per heavy atom. The molecule has 0 aliphatic rings. The first-order chi connectivity index (χ1) is 11.1. The largest absolute Gasteiger partial charge is 0.318 e. The molecule has 1 heterocycles. The van der Waals surface area contributed by atoms with Gasteiger partial charge in [0.2, 0.25) is 0 Å². The lowest BCUT2D eigenvalue weighted by atomic mass is 10.1. The van der Waals surface area contributed by atoms with E-state index in [0.29, 0.717) is 6.42 Å². The van der Waals surface area contributed by atoms with E-state index in [-0.39, 0.29) is 5.91 Å². The van der Waals surface area contributed by atoms with Crippen molar-refractivity contribution in [2.24, 2.45) is 12.0 Å². The van der Waals surface area contributed by atoms with Crippen molar-refractivity contribution in [2.75, 3.05) is 6.26 Å². The van der Waals surface area contributed by atoms with Crippen LogP contribution in [0.15, 0.2) is 56.8 Å². The Balaban J connectivity index is 1.90.